The molecule has 0 spiro atoms. The van der Waals surface area contributed by atoms with Crippen molar-refractivity contribution in [2.45, 2.75) is 25.7 Å². The lowest BCUT2D eigenvalue weighted by Crippen LogP contribution is -2.07. The lowest BCUT2D eigenvalue weighted by atomic mass is 10.0. The Kier molecular flexibility index (Phi) is 4.57. The van der Waals surface area contributed by atoms with Crippen molar-refractivity contribution in [3.8, 4) is 5.69 Å². The summed E-state index contributed by atoms with van der Waals surface area (Å²) in [6.45, 7) is 0.961. The Morgan fingerprint density at radius 2 is 1.96 bits per heavy atom. The van der Waals surface area contributed by atoms with Gasteiger partial charge in [-0.3, -0.25) is 0 Å². The van der Waals surface area contributed by atoms with Crippen molar-refractivity contribution in [2.75, 3.05) is 11.9 Å². The van der Waals surface area contributed by atoms with Gasteiger partial charge in [0, 0.05) is 23.0 Å². The van der Waals surface area contributed by atoms with Crippen LogP contribution in [0.25, 0.3) is 5.69 Å². The smallest absolute Gasteiger partial charge is 0.133 e. The van der Waals surface area contributed by atoms with Gasteiger partial charge in [-0.05, 0) is 55.2 Å². The van der Waals surface area contributed by atoms with E-state index < -0.39 is 0 Å². The molecule has 5 heteroatoms. The van der Waals surface area contributed by atoms with Crippen LogP contribution in [0.1, 0.15) is 29.7 Å². The third-order valence-electron chi connectivity index (χ3n) is 4.55. The van der Waals surface area contributed by atoms with E-state index in [1.807, 2.05) is 28.9 Å². The molecule has 0 fully saturated rings. The first kappa shape index (κ1) is 16.3. The Bertz CT molecular complexity index is 886. The number of halogens is 2. The van der Waals surface area contributed by atoms with Crippen molar-refractivity contribution in [3.63, 3.8) is 0 Å². The van der Waals surface area contributed by atoms with Crippen LogP contribution in [0.3, 0.4) is 0 Å². The summed E-state index contributed by atoms with van der Waals surface area (Å²) in [5.41, 5.74) is 4.45. The third kappa shape index (κ3) is 3.47. The van der Waals surface area contributed by atoms with Crippen molar-refractivity contribution < 1.29 is 4.39 Å². The molecule has 0 aliphatic carbocycles. The fraction of sp³-hybridized carbons (Fsp3) is 0.250. The number of anilines is 1. The summed E-state index contributed by atoms with van der Waals surface area (Å²) < 4.78 is 16.2. The van der Waals surface area contributed by atoms with Gasteiger partial charge in [0.2, 0.25) is 0 Å². The number of rotatable bonds is 3. The SMILES string of the molecule is Fc1ccc(Cc2nn(-c3cccc(Br)c3)c3c2CCCCN3)cc1. The van der Waals surface area contributed by atoms with E-state index in [0.717, 1.165) is 53.0 Å². The monoisotopic (exact) mass is 399 g/mol. The topological polar surface area (TPSA) is 29.9 Å². The number of nitrogens with zero attached hydrogens (tertiary/aromatic N) is 2. The van der Waals surface area contributed by atoms with Crippen molar-refractivity contribution in [2.24, 2.45) is 0 Å². The van der Waals surface area contributed by atoms with Gasteiger partial charge < -0.3 is 5.32 Å². The van der Waals surface area contributed by atoms with E-state index in [4.69, 9.17) is 5.10 Å². The fourth-order valence-corrected chi connectivity index (χ4v) is 3.69. The average molecular weight is 400 g/mol. The number of hydrogen-bond donors (Lipinski definition) is 1. The molecule has 25 heavy (non-hydrogen) atoms. The molecule has 2 aromatic carbocycles. The van der Waals surface area contributed by atoms with E-state index in [1.165, 1.54) is 17.7 Å². The summed E-state index contributed by atoms with van der Waals surface area (Å²) >= 11 is 3.54. The second kappa shape index (κ2) is 7.00. The molecule has 2 heterocycles. The molecule has 0 saturated carbocycles. The molecule has 0 bridgehead atoms. The highest BCUT2D eigenvalue weighted by Crippen LogP contribution is 2.30. The standard InChI is InChI=1S/C20H19BrFN3/c21-15-4-3-5-17(13-15)25-20-18(6-1-2-11-23-20)19(24-25)12-14-7-9-16(22)10-8-14/h3-5,7-10,13,23H,1-2,6,11-12H2. The summed E-state index contributed by atoms with van der Waals surface area (Å²) in [6, 6.07) is 14.9. The van der Waals surface area contributed by atoms with Crippen LogP contribution in [-0.4, -0.2) is 16.3 Å². The lowest BCUT2D eigenvalue weighted by molar-refractivity contribution is 0.627. The maximum atomic E-state index is 13.2. The summed E-state index contributed by atoms with van der Waals surface area (Å²) in [7, 11) is 0. The minimum Gasteiger partial charge on any atom is -0.370 e. The molecule has 0 unspecified atom stereocenters. The van der Waals surface area contributed by atoms with Crippen LogP contribution in [0.2, 0.25) is 0 Å². The first-order valence-electron chi connectivity index (χ1n) is 8.56. The normalized spacial score (nSPS) is 13.8. The molecule has 1 N–H and O–H groups in total. The van der Waals surface area contributed by atoms with Gasteiger partial charge in [-0.15, -0.1) is 0 Å². The molecular weight excluding hydrogens is 381 g/mol. The Hall–Kier alpha value is -2.14. The molecule has 0 atom stereocenters. The van der Waals surface area contributed by atoms with Gasteiger partial charge >= 0.3 is 0 Å². The van der Waals surface area contributed by atoms with Crippen molar-refractivity contribution in [3.05, 3.63) is 75.6 Å². The number of hydrogen-bond acceptors (Lipinski definition) is 2. The van der Waals surface area contributed by atoms with Crippen LogP contribution in [-0.2, 0) is 12.8 Å². The maximum Gasteiger partial charge on any atom is 0.133 e. The van der Waals surface area contributed by atoms with Gasteiger partial charge in [-0.1, -0.05) is 34.1 Å². The second-order valence-corrected chi connectivity index (χ2v) is 7.27. The van der Waals surface area contributed by atoms with Crippen LogP contribution in [0, 0.1) is 5.82 Å². The lowest BCUT2D eigenvalue weighted by Gasteiger charge is -2.09. The minimum atomic E-state index is -0.205. The Morgan fingerprint density at radius 3 is 2.76 bits per heavy atom. The first-order chi connectivity index (χ1) is 12.2. The van der Waals surface area contributed by atoms with E-state index in [2.05, 4.69) is 33.4 Å². The van der Waals surface area contributed by atoms with E-state index in [0.29, 0.717) is 6.42 Å². The number of nitrogens with one attached hydrogen (secondary N) is 1. The van der Waals surface area contributed by atoms with Crippen LogP contribution < -0.4 is 5.32 Å². The molecule has 1 aliphatic rings. The fourth-order valence-electron chi connectivity index (χ4n) is 3.31. The van der Waals surface area contributed by atoms with E-state index in [-0.39, 0.29) is 5.82 Å². The van der Waals surface area contributed by atoms with Gasteiger partial charge in [0.1, 0.15) is 11.6 Å². The molecule has 0 radical (unpaired) electrons. The average Bonchev–Trinajstić information content (AvgIpc) is 2.79. The molecule has 3 aromatic rings. The van der Waals surface area contributed by atoms with Gasteiger partial charge in [0.25, 0.3) is 0 Å². The van der Waals surface area contributed by atoms with E-state index in [1.54, 1.807) is 0 Å². The number of aromatic nitrogens is 2. The molecule has 1 aromatic heterocycles. The van der Waals surface area contributed by atoms with Crippen LogP contribution >= 0.6 is 15.9 Å². The van der Waals surface area contributed by atoms with Crippen LogP contribution in [0.4, 0.5) is 10.2 Å². The summed E-state index contributed by atoms with van der Waals surface area (Å²) in [4.78, 5) is 0. The van der Waals surface area contributed by atoms with Gasteiger partial charge in [0.15, 0.2) is 0 Å². The maximum absolute atomic E-state index is 13.2. The third-order valence-corrected chi connectivity index (χ3v) is 5.04. The Morgan fingerprint density at radius 1 is 1.12 bits per heavy atom. The van der Waals surface area contributed by atoms with Gasteiger partial charge in [-0.25, -0.2) is 9.07 Å². The van der Waals surface area contributed by atoms with Crippen LogP contribution in [0.5, 0.6) is 0 Å². The molecule has 1 aliphatic heterocycles. The largest absolute Gasteiger partial charge is 0.370 e. The zero-order chi connectivity index (χ0) is 17.2. The zero-order valence-corrected chi connectivity index (χ0v) is 15.4. The highest BCUT2D eigenvalue weighted by Gasteiger charge is 2.20. The highest BCUT2D eigenvalue weighted by molar-refractivity contribution is 9.10. The molecule has 4 rings (SSSR count). The van der Waals surface area contributed by atoms with E-state index >= 15 is 0 Å². The first-order valence-corrected chi connectivity index (χ1v) is 9.35. The van der Waals surface area contributed by atoms with Crippen molar-refractivity contribution >= 4 is 21.7 Å². The number of fused-ring (bicyclic) bond motifs is 1. The van der Waals surface area contributed by atoms with Crippen LogP contribution in [0.15, 0.2) is 53.0 Å². The molecular formula is C20H19BrFN3. The molecule has 0 saturated heterocycles. The summed E-state index contributed by atoms with van der Waals surface area (Å²) in [6.07, 6.45) is 4.04. The Balaban J connectivity index is 1.77. The predicted octanol–water partition coefficient (Wildman–Crippen LogP) is 5.11. The molecule has 128 valence electrons. The predicted molar refractivity (Wildman–Crippen MR) is 102 cm³/mol. The van der Waals surface area contributed by atoms with Crippen molar-refractivity contribution in [1.82, 2.24) is 9.78 Å². The Labute approximate surface area is 155 Å². The molecule has 0 amide bonds. The summed E-state index contributed by atoms with van der Waals surface area (Å²) in [5.74, 6) is 0.886. The molecule has 3 nitrogen and oxygen atoms in total. The van der Waals surface area contributed by atoms with E-state index in [9.17, 15) is 4.39 Å². The summed E-state index contributed by atoms with van der Waals surface area (Å²) in [5, 5.41) is 8.45. The number of benzene rings is 2. The van der Waals surface area contributed by atoms with Gasteiger partial charge in [-0.2, -0.15) is 5.10 Å². The van der Waals surface area contributed by atoms with Gasteiger partial charge in [0.05, 0.1) is 11.4 Å². The second-order valence-electron chi connectivity index (χ2n) is 6.35. The zero-order valence-electron chi connectivity index (χ0n) is 13.8. The quantitative estimate of drug-likeness (QED) is 0.662. The minimum absolute atomic E-state index is 0.205. The van der Waals surface area contributed by atoms with Crippen molar-refractivity contribution in [1.29, 1.82) is 0 Å². The highest BCUT2D eigenvalue weighted by atomic mass is 79.9.